The van der Waals surface area contributed by atoms with Crippen LogP contribution in [0.15, 0.2) is 54.2 Å². The van der Waals surface area contributed by atoms with E-state index in [1.165, 1.54) is 0 Å². The molecule has 0 unspecified atom stereocenters. The molecule has 23 heavy (non-hydrogen) atoms. The zero-order valence-electron chi connectivity index (χ0n) is 11.6. The van der Waals surface area contributed by atoms with Crippen molar-refractivity contribution in [1.82, 2.24) is 0 Å². The Morgan fingerprint density at radius 3 is 2.39 bits per heavy atom. The Hall–Kier alpha value is -3.22. The molecule has 2 aromatic rings. The zero-order chi connectivity index (χ0) is 16.6. The normalized spacial score (nSPS) is 14.2. The van der Waals surface area contributed by atoms with E-state index in [0.717, 1.165) is 17.0 Å². The number of aromatic hydroxyl groups is 1. The predicted molar refractivity (Wildman–Crippen MR) is 78.7 cm³/mol. The van der Waals surface area contributed by atoms with E-state index >= 15 is 0 Å². The highest BCUT2D eigenvalue weighted by Gasteiger charge is 2.32. The van der Waals surface area contributed by atoms with Crippen LogP contribution >= 0.6 is 0 Å². The Morgan fingerprint density at radius 2 is 1.70 bits per heavy atom. The third-order valence-corrected chi connectivity index (χ3v) is 3.24. The molecule has 0 saturated carbocycles. The molecule has 5 nitrogen and oxygen atoms in total. The minimum Gasteiger partial charge on any atom is -0.505 e. The summed E-state index contributed by atoms with van der Waals surface area (Å²) in [5, 5.41) is 11.7. The van der Waals surface area contributed by atoms with Crippen molar-refractivity contribution >= 4 is 23.2 Å². The molecule has 1 heterocycles. The predicted octanol–water partition coefficient (Wildman–Crippen LogP) is 2.54. The van der Waals surface area contributed by atoms with Gasteiger partial charge in [-0.15, -0.1) is 0 Å². The number of phenolic OH excluding ortho intramolecular Hbond substituents is 1. The maximum absolute atomic E-state index is 13.7. The first kappa shape index (κ1) is 14.7. The molecule has 0 spiro atoms. The summed E-state index contributed by atoms with van der Waals surface area (Å²) in [5.41, 5.74) is -0.118. The number of nitrogens with one attached hydrogen (secondary N) is 1. The van der Waals surface area contributed by atoms with Gasteiger partial charge in [-0.05, 0) is 12.1 Å². The van der Waals surface area contributed by atoms with Crippen molar-refractivity contribution < 1.29 is 23.5 Å². The molecule has 7 heteroatoms. The third kappa shape index (κ3) is 2.64. The van der Waals surface area contributed by atoms with Gasteiger partial charge >= 0.3 is 0 Å². The lowest BCUT2D eigenvalue weighted by Crippen LogP contribution is -2.31. The highest BCUT2D eigenvalue weighted by Crippen LogP contribution is 2.28. The summed E-state index contributed by atoms with van der Waals surface area (Å²) in [4.78, 5) is 25.2. The lowest BCUT2D eigenvalue weighted by molar-refractivity contribution is -0.120. The standard InChI is InChI=1S/C16H10F2N2O3/c17-10-6-11(18)14(21)7-12(10)19-13-8-15(22)20(16(13)23)9-4-2-1-3-5-9/h1-8,19,21H. The van der Waals surface area contributed by atoms with Crippen molar-refractivity contribution in [1.29, 1.82) is 0 Å². The summed E-state index contributed by atoms with van der Waals surface area (Å²) in [7, 11) is 0. The minimum atomic E-state index is -1.12. The van der Waals surface area contributed by atoms with Crippen LogP contribution < -0.4 is 10.2 Å². The third-order valence-electron chi connectivity index (χ3n) is 3.24. The number of rotatable bonds is 3. The zero-order valence-corrected chi connectivity index (χ0v) is 11.6. The average Bonchev–Trinajstić information content (AvgIpc) is 2.80. The van der Waals surface area contributed by atoms with E-state index in [-0.39, 0.29) is 11.4 Å². The van der Waals surface area contributed by atoms with Crippen LogP contribution in [-0.4, -0.2) is 16.9 Å². The molecule has 2 aromatic carbocycles. The molecule has 3 rings (SSSR count). The van der Waals surface area contributed by atoms with Crippen LogP contribution in [0.5, 0.6) is 5.75 Å². The summed E-state index contributed by atoms with van der Waals surface area (Å²) >= 11 is 0. The molecule has 0 atom stereocenters. The first-order valence-corrected chi connectivity index (χ1v) is 6.57. The lowest BCUT2D eigenvalue weighted by Gasteiger charge is -2.15. The minimum absolute atomic E-state index is 0.177. The number of nitrogens with zero attached hydrogens (tertiary/aromatic N) is 1. The molecule has 2 N–H and O–H groups in total. The van der Waals surface area contributed by atoms with Gasteiger partial charge in [0.2, 0.25) is 0 Å². The van der Waals surface area contributed by atoms with E-state index in [1.807, 2.05) is 0 Å². The topological polar surface area (TPSA) is 69.6 Å². The average molecular weight is 316 g/mol. The number of amides is 2. The van der Waals surface area contributed by atoms with Crippen molar-refractivity contribution in [2.24, 2.45) is 0 Å². The van der Waals surface area contributed by atoms with Crippen molar-refractivity contribution in [2.45, 2.75) is 0 Å². The van der Waals surface area contributed by atoms with E-state index < -0.39 is 29.2 Å². The number of imide groups is 1. The van der Waals surface area contributed by atoms with Crippen molar-refractivity contribution in [2.75, 3.05) is 10.2 Å². The molecule has 0 aromatic heterocycles. The first-order valence-electron chi connectivity index (χ1n) is 6.57. The molecule has 2 amide bonds. The lowest BCUT2D eigenvalue weighted by atomic mass is 10.2. The van der Waals surface area contributed by atoms with Gasteiger partial charge in [0, 0.05) is 18.2 Å². The van der Waals surface area contributed by atoms with Gasteiger partial charge in [-0.3, -0.25) is 9.59 Å². The second kappa shape index (κ2) is 5.53. The number of benzene rings is 2. The van der Waals surface area contributed by atoms with Gasteiger partial charge in [0.25, 0.3) is 11.8 Å². The molecule has 0 saturated heterocycles. The summed E-state index contributed by atoms with van der Waals surface area (Å²) in [6.45, 7) is 0. The fraction of sp³-hybridized carbons (Fsp3) is 0. The van der Waals surface area contributed by atoms with Crippen LogP contribution in [0, 0.1) is 11.6 Å². The number of halogens is 2. The van der Waals surface area contributed by atoms with Crippen molar-refractivity contribution in [3.05, 3.63) is 65.9 Å². The molecule has 0 radical (unpaired) electrons. The summed E-state index contributed by atoms with van der Waals surface area (Å²) in [5.74, 6) is -4.16. The number of para-hydroxylation sites is 1. The second-order valence-corrected chi connectivity index (χ2v) is 4.78. The molecule has 0 fully saturated rings. The van der Waals surface area contributed by atoms with Gasteiger partial charge in [0.05, 0.1) is 11.4 Å². The van der Waals surface area contributed by atoms with E-state index in [9.17, 15) is 23.5 Å². The van der Waals surface area contributed by atoms with E-state index in [4.69, 9.17) is 0 Å². The highest BCUT2D eigenvalue weighted by atomic mass is 19.1. The van der Waals surface area contributed by atoms with Gasteiger partial charge in [-0.25, -0.2) is 13.7 Å². The Bertz CT molecular complexity index is 835. The highest BCUT2D eigenvalue weighted by molar-refractivity contribution is 6.31. The Balaban J connectivity index is 1.88. The molecular formula is C16H10F2N2O3. The Kier molecular flexibility index (Phi) is 3.53. The summed E-state index contributed by atoms with van der Waals surface area (Å²) in [6.07, 6.45) is 1.01. The number of carbonyl (C=O) groups is 2. The fourth-order valence-electron chi connectivity index (χ4n) is 2.16. The molecule has 0 aliphatic carbocycles. The molecular weight excluding hydrogens is 306 g/mol. The maximum Gasteiger partial charge on any atom is 0.281 e. The quantitative estimate of drug-likeness (QED) is 0.854. The van der Waals surface area contributed by atoms with Crippen molar-refractivity contribution in [3.63, 3.8) is 0 Å². The largest absolute Gasteiger partial charge is 0.505 e. The molecule has 0 bridgehead atoms. The number of hydrogen-bond acceptors (Lipinski definition) is 4. The summed E-state index contributed by atoms with van der Waals surface area (Å²) in [6, 6.07) is 9.51. The van der Waals surface area contributed by atoms with Gasteiger partial charge in [-0.2, -0.15) is 0 Å². The van der Waals surface area contributed by atoms with Crippen LogP contribution in [0.3, 0.4) is 0 Å². The monoisotopic (exact) mass is 316 g/mol. The summed E-state index contributed by atoms with van der Waals surface area (Å²) < 4.78 is 26.7. The van der Waals surface area contributed by atoms with E-state index in [1.54, 1.807) is 30.3 Å². The van der Waals surface area contributed by atoms with E-state index in [2.05, 4.69) is 5.32 Å². The van der Waals surface area contributed by atoms with Crippen LogP contribution in [0.1, 0.15) is 0 Å². The SMILES string of the molecule is O=C1C=C(Nc2cc(O)c(F)cc2F)C(=O)N1c1ccccc1. The van der Waals surface area contributed by atoms with Crippen molar-refractivity contribution in [3.8, 4) is 5.75 Å². The number of anilines is 2. The van der Waals surface area contributed by atoms with Gasteiger partial charge < -0.3 is 10.4 Å². The molecule has 1 aliphatic rings. The van der Waals surface area contributed by atoms with Gasteiger partial charge in [0.1, 0.15) is 11.5 Å². The number of phenols is 1. The molecule has 116 valence electrons. The van der Waals surface area contributed by atoms with Gasteiger partial charge in [0.15, 0.2) is 11.6 Å². The molecule has 1 aliphatic heterocycles. The van der Waals surface area contributed by atoms with Crippen LogP contribution in [0.25, 0.3) is 0 Å². The first-order chi connectivity index (χ1) is 11.0. The van der Waals surface area contributed by atoms with Crippen LogP contribution in [0.2, 0.25) is 0 Å². The van der Waals surface area contributed by atoms with Crippen LogP contribution in [-0.2, 0) is 9.59 Å². The van der Waals surface area contributed by atoms with E-state index in [0.29, 0.717) is 11.8 Å². The maximum atomic E-state index is 13.7. The second-order valence-electron chi connectivity index (χ2n) is 4.78. The fourth-order valence-corrected chi connectivity index (χ4v) is 2.16. The van der Waals surface area contributed by atoms with Crippen LogP contribution in [0.4, 0.5) is 20.2 Å². The Labute approximate surface area is 129 Å². The number of hydrogen-bond donors (Lipinski definition) is 2. The Morgan fingerprint density at radius 1 is 1.00 bits per heavy atom. The smallest absolute Gasteiger partial charge is 0.281 e. The van der Waals surface area contributed by atoms with Gasteiger partial charge in [-0.1, -0.05) is 18.2 Å². The number of carbonyl (C=O) groups excluding carboxylic acids is 2.